The van der Waals surface area contributed by atoms with Gasteiger partial charge in [-0.2, -0.15) is 0 Å². The maximum absolute atomic E-state index is 2.55. The Morgan fingerprint density at radius 1 is 0.500 bits per heavy atom. The molecule has 3 heterocycles. The monoisotopic (exact) mass is 644 g/mol. The molecule has 0 saturated carbocycles. The molecule has 0 aliphatic carbocycles. The summed E-state index contributed by atoms with van der Waals surface area (Å²) in [4.78, 5) is 5.07. The fraction of sp³-hybridized carbons (Fsp3) is 0.273. The molecule has 0 amide bonds. The van der Waals surface area contributed by atoms with Crippen LogP contribution in [0.1, 0.15) is 79.0 Å². The minimum Gasteiger partial charge on any atom is -0.311 e. The minimum atomic E-state index is 0.0342. The van der Waals surface area contributed by atoms with Gasteiger partial charge in [0.2, 0.25) is 0 Å². The molecule has 0 unspecified atom stereocenters. The van der Waals surface area contributed by atoms with E-state index in [4.69, 9.17) is 0 Å². The third-order valence-electron chi connectivity index (χ3n) is 10.3. The van der Waals surface area contributed by atoms with Gasteiger partial charge < -0.3 is 9.80 Å². The van der Waals surface area contributed by atoms with Gasteiger partial charge in [-0.25, -0.2) is 0 Å². The molecule has 8 rings (SSSR count). The Labute approximate surface area is 291 Å². The van der Waals surface area contributed by atoms with Crippen LogP contribution in [0, 0.1) is 0 Å². The van der Waals surface area contributed by atoms with Crippen molar-refractivity contribution in [2.75, 3.05) is 9.80 Å². The van der Waals surface area contributed by atoms with E-state index in [1.807, 2.05) is 11.3 Å². The second-order valence-corrected chi connectivity index (χ2v) is 17.8. The second-order valence-electron chi connectivity index (χ2n) is 16.7. The van der Waals surface area contributed by atoms with Crippen LogP contribution in [0.3, 0.4) is 0 Å². The molecule has 240 valence electrons. The zero-order valence-corrected chi connectivity index (χ0v) is 30.6. The van der Waals surface area contributed by atoms with Crippen molar-refractivity contribution in [3.05, 3.63) is 126 Å². The van der Waals surface area contributed by atoms with Gasteiger partial charge in [-0.1, -0.05) is 123 Å². The first-order chi connectivity index (χ1) is 22.7. The maximum atomic E-state index is 2.55. The molecule has 2 aliphatic heterocycles. The lowest BCUT2D eigenvalue weighted by Crippen LogP contribution is -2.60. The average molecular weight is 645 g/mol. The van der Waals surface area contributed by atoms with Gasteiger partial charge >= 0.3 is 0 Å². The van der Waals surface area contributed by atoms with Crippen molar-refractivity contribution >= 4 is 78.0 Å². The van der Waals surface area contributed by atoms with Crippen LogP contribution in [0.2, 0.25) is 0 Å². The molecular formula is C44H45BN2S. The third-order valence-corrected chi connectivity index (χ3v) is 11.6. The molecule has 2 aliphatic rings. The van der Waals surface area contributed by atoms with Gasteiger partial charge in [0, 0.05) is 43.3 Å². The normalized spacial score (nSPS) is 14.2. The van der Waals surface area contributed by atoms with Gasteiger partial charge in [-0.05, 0) is 92.4 Å². The molecular weight excluding hydrogens is 599 g/mol. The van der Waals surface area contributed by atoms with E-state index in [2.05, 4.69) is 181 Å². The van der Waals surface area contributed by atoms with Gasteiger partial charge in [0.15, 0.2) is 0 Å². The Morgan fingerprint density at radius 2 is 1.02 bits per heavy atom. The molecule has 6 aromatic rings. The zero-order valence-electron chi connectivity index (χ0n) is 29.8. The highest BCUT2D eigenvalue weighted by atomic mass is 32.1. The first kappa shape index (κ1) is 31.0. The van der Waals surface area contributed by atoms with Gasteiger partial charge in [0.25, 0.3) is 6.71 Å². The van der Waals surface area contributed by atoms with Crippen molar-refractivity contribution in [3.63, 3.8) is 0 Å². The lowest BCUT2D eigenvalue weighted by Gasteiger charge is -2.43. The molecule has 0 N–H and O–H groups in total. The SMILES string of the molecule is CC(C)(C)c1ccc(N2c3ccc(C(C)(C)C)cc3B3c4sc5ccccc5c4N(c4ccc(C(C)(C)C)cc4)c4cccc2c43)cc1. The van der Waals surface area contributed by atoms with Crippen molar-refractivity contribution < 1.29 is 0 Å². The largest absolute Gasteiger partial charge is 0.311 e. The van der Waals surface area contributed by atoms with Gasteiger partial charge in [-0.15, -0.1) is 11.3 Å². The van der Waals surface area contributed by atoms with Crippen LogP contribution in [0.15, 0.2) is 109 Å². The number of fused-ring (bicyclic) bond motifs is 6. The van der Waals surface area contributed by atoms with Crippen LogP contribution in [0.25, 0.3) is 10.1 Å². The van der Waals surface area contributed by atoms with E-state index in [1.165, 1.54) is 76.6 Å². The standard InChI is InChI=1S/C44H45BN2S/c1-42(2,3)28-17-22-31(23-18-28)46-35-26-21-30(44(7,8)9)27-34(35)45-39-36(46)14-12-15-37(39)47(32-24-19-29(20-25-32)43(4,5)6)40-33-13-10-11-16-38(33)48-41(40)45/h10-27H,1-9H3. The minimum absolute atomic E-state index is 0.0342. The van der Waals surface area contributed by atoms with Crippen molar-refractivity contribution in [3.8, 4) is 0 Å². The Hall–Kier alpha value is -4.28. The van der Waals surface area contributed by atoms with Crippen LogP contribution in [0.5, 0.6) is 0 Å². The Morgan fingerprint density at radius 3 is 1.60 bits per heavy atom. The number of rotatable bonds is 2. The van der Waals surface area contributed by atoms with E-state index in [1.54, 1.807) is 0 Å². The number of hydrogen-bond donors (Lipinski definition) is 0. The number of nitrogens with zero attached hydrogens (tertiary/aromatic N) is 2. The molecule has 0 atom stereocenters. The summed E-state index contributed by atoms with van der Waals surface area (Å²) >= 11 is 1.96. The first-order valence-electron chi connectivity index (χ1n) is 17.3. The van der Waals surface area contributed by atoms with Crippen LogP contribution < -0.4 is 25.5 Å². The van der Waals surface area contributed by atoms with E-state index < -0.39 is 0 Å². The average Bonchev–Trinajstić information content (AvgIpc) is 3.42. The molecule has 5 aromatic carbocycles. The molecule has 4 heteroatoms. The first-order valence-corrected chi connectivity index (χ1v) is 18.1. The fourth-order valence-corrected chi connectivity index (χ4v) is 8.92. The van der Waals surface area contributed by atoms with Gasteiger partial charge in [0.05, 0.1) is 5.69 Å². The number of thiophene rings is 1. The fourth-order valence-electron chi connectivity index (χ4n) is 7.61. The molecule has 0 spiro atoms. The maximum Gasteiger partial charge on any atom is 0.264 e. The Kier molecular flexibility index (Phi) is 6.86. The molecule has 0 fully saturated rings. The van der Waals surface area contributed by atoms with E-state index in [0.29, 0.717) is 0 Å². The highest BCUT2D eigenvalue weighted by molar-refractivity contribution is 7.33. The Balaban J connectivity index is 1.43. The van der Waals surface area contributed by atoms with Crippen LogP contribution in [-0.2, 0) is 16.2 Å². The lowest BCUT2D eigenvalue weighted by atomic mass is 9.36. The van der Waals surface area contributed by atoms with Crippen molar-refractivity contribution in [1.29, 1.82) is 0 Å². The number of benzene rings is 5. The number of anilines is 6. The van der Waals surface area contributed by atoms with E-state index in [9.17, 15) is 0 Å². The predicted molar refractivity (Wildman–Crippen MR) is 212 cm³/mol. The summed E-state index contributed by atoms with van der Waals surface area (Å²) in [6, 6.07) is 41.7. The summed E-state index contributed by atoms with van der Waals surface area (Å²) in [6.45, 7) is 20.8. The van der Waals surface area contributed by atoms with E-state index >= 15 is 0 Å². The Bertz CT molecular complexity index is 2190. The number of hydrogen-bond acceptors (Lipinski definition) is 3. The smallest absolute Gasteiger partial charge is 0.264 e. The summed E-state index contributed by atoms with van der Waals surface area (Å²) in [7, 11) is 0. The third kappa shape index (κ3) is 4.83. The second kappa shape index (κ2) is 10.6. The van der Waals surface area contributed by atoms with E-state index in [-0.39, 0.29) is 23.0 Å². The van der Waals surface area contributed by atoms with Gasteiger partial charge in [0.1, 0.15) is 0 Å². The predicted octanol–water partition coefficient (Wildman–Crippen LogP) is 10.9. The summed E-state index contributed by atoms with van der Waals surface area (Å²) in [5.41, 5.74) is 14.6. The van der Waals surface area contributed by atoms with Crippen LogP contribution in [0.4, 0.5) is 34.1 Å². The van der Waals surface area contributed by atoms with Crippen molar-refractivity contribution in [2.24, 2.45) is 0 Å². The zero-order chi connectivity index (χ0) is 33.7. The summed E-state index contributed by atoms with van der Waals surface area (Å²) in [6.07, 6.45) is 0. The highest BCUT2D eigenvalue weighted by Gasteiger charge is 2.45. The quantitative estimate of drug-likeness (QED) is 0.173. The molecule has 1 aromatic heterocycles. The molecule has 0 radical (unpaired) electrons. The summed E-state index contributed by atoms with van der Waals surface area (Å²) in [5.74, 6) is 0. The topological polar surface area (TPSA) is 6.48 Å². The van der Waals surface area contributed by atoms with Gasteiger partial charge in [-0.3, -0.25) is 0 Å². The highest BCUT2D eigenvalue weighted by Crippen LogP contribution is 2.48. The molecule has 0 bridgehead atoms. The molecule has 48 heavy (non-hydrogen) atoms. The summed E-state index contributed by atoms with van der Waals surface area (Å²) < 4.78 is 2.76. The van der Waals surface area contributed by atoms with Crippen molar-refractivity contribution in [1.82, 2.24) is 0 Å². The van der Waals surface area contributed by atoms with E-state index in [0.717, 1.165) is 0 Å². The summed E-state index contributed by atoms with van der Waals surface area (Å²) in [5, 5.41) is 1.32. The molecule has 2 nitrogen and oxygen atoms in total. The van der Waals surface area contributed by atoms with Crippen LogP contribution in [-0.4, -0.2) is 6.71 Å². The lowest BCUT2D eigenvalue weighted by molar-refractivity contribution is 0.590. The van der Waals surface area contributed by atoms with Crippen molar-refractivity contribution in [2.45, 2.75) is 78.6 Å². The molecule has 0 saturated heterocycles. The van der Waals surface area contributed by atoms with Crippen LogP contribution >= 0.6 is 11.3 Å².